The molecule has 0 aromatic carbocycles. The maximum Gasteiger partial charge on any atom is 0.306 e. The summed E-state index contributed by atoms with van der Waals surface area (Å²) in [6.45, 7) is 6.20. The number of ether oxygens (including phenoxy) is 3. The molecule has 0 aromatic heterocycles. The van der Waals surface area contributed by atoms with Crippen molar-refractivity contribution in [3.63, 3.8) is 0 Å². The average Bonchev–Trinajstić information content (AvgIpc) is 3.43. The second-order valence-electron chi connectivity index (χ2n) is 20.2. The number of allylic oxidation sites excluding steroid dienone is 24. The van der Waals surface area contributed by atoms with Gasteiger partial charge in [-0.15, -0.1) is 0 Å². The van der Waals surface area contributed by atoms with E-state index < -0.39 is 12.1 Å². The molecule has 0 saturated heterocycles. The average molecular weight is 1060 g/mol. The molecule has 0 bridgehead atoms. The van der Waals surface area contributed by atoms with E-state index in [0.717, 1.165) is 122 Å². The van der Waals surface area contributed by atoms with Crippen LogP contribution in [0.3, 0.4) is 0 Å². The highest BCUT2D eigenvalue weighted by molar-refractivity contribution is 5.71. The van der Waals surface area contributed by atoms with Crippen molar-refractivity contribution in [1.29, 1.82) is 0 Å². The van der Waals surface area contributed by atoms with Crippen LogP contribution in [0.4, 0.5) is 0 Å². The molecule has 0 radical (unpaired) electrons. The minimum atomic E-state index is -0.832. The Morgan fingerprint density at radius 2 is 0.494 bits per heavy atom. The van der Waals surface area contributed by atoms with Crippen LogP contribution in [-0.4, -0.2) is 37.2 Å². The van der Waals surface area contributed by atoms with Crippen LogP contribution in [0.1, 0.15) is 265 Å². The molecule has 0 aliphatic carbocycles. The predicted molar refractivity (Wildman–Crippen MR) is 334 cm³/mol. The van der Waals surface area contributed by atoms with Gasteiger partial charge in [0.25, 0.3) is 0 Å². The second kappa shape index (κ2) is 63.8. The number of hydrogen-bond acceptors (Lipinski definition) is 6. The summed E-state index contributed by atoms with van der Waals surface area (Å²) in [6, 6.07) is 0. The standard InChI is InChI=1S/C71H114O6/c1-4-7-10-13-16-19-22-25-26-27-28-29-30-31-32-33-34-35-36-37-38-39-40-41-42-43-44-47-49-52-55-58-61-64-70(73)76-67-68(77-71(74)65-62-59-56-53-50-46-24-21-18-15-12-9-6-3)66-75-69(72)63-60-57-54-51-48-45-23-20-17-14-11-8-5-2/h7-12,16-21,25-26,28-29,31-32,45-46,48,50,56,59,68H,4-6,13-15,22-24,27,30,33-44,47,49,51-55,57-58,60-67H2,1-3H3/b10-7-,11-8-,12-9-,19-16-,20-17-,21-18-,26-25-,29-28-,32-31-,48-45-,50-46-,59-56-. The Kier molecular flexibility index (Phi) is 59.9. The van der Waals surface area contributed by atoms with Gasteiger partial charge in [0.1, 0.15) is 13.2 Å². The van der Waals surface area contributed by atoms with E-state index >= 15 is 0 Å². The maximum atomic E-state index is 12.8. The van der Waals surface area contributed by atoms with Gasteiger partial charge in [-0.3, -0.25) is 14.4 Å². The summed E-state index contributed by atoms with van der Waals surface area (Å²) in [6.07, 6.45) is 91.8. The van der Waals surface area contributed by atoms with Crippen molar-refractivity contribution in [2.24, 2.45) is 0 Å². The van der Waals surface area contributed by atoms with E-state index in [1.165, 1.54) is 96.3 Å². The number of hydrogen-bond donors (Lipinski definition) is 0. The molecule has 77 heavy (non-hydrogen) atoms. The second-order valence-corrected chi connectivity index (χ2v) is 20.2. The molecule has 6 heteroatoms. The monoisotopic (exact) mass is 1060 g/mol. The van der Waals surface area contributed by atoms with Gasteiger partial charge in [0.15, 0.2) is 6.10 Å². The van der Waals surface area contributed by atoms with Gasteiger partial charge in [0, 0.05) is 19.3 Å². The highest BCUT2D eigenvalue weighted by Gasteiger charge is 2.19. The first-order valence-corrected chi connectivity index (χ1v) is 31.3. The third-order valence-electron chi connectivity index (χ3n) is 12.8. The summed E-state index contributed by atoms with van der Waals surface area (Å²) >= 11 is 0. The quantitative estimate of drug-likeness (QED) is 0.0261. The molecular formula is C71H114O6. The Morgan fingerprint density at radius 1 is 0.260 bits per heavy atom. The molecule has 0 fully saturated rings. The lowest BCUT2D eigenvalue weighted by Crippen LogP contribution is -2.30. The molecule has 0 saturated carbocycles. The fourth-order valence-corrected chi connectivity index (χ4v) is 8.26. The normalized spacial score (nSPS) is 13.1. The fourth-order valence-electron chi connectivity index (χ4n) is 8.26. The van der Waals surface area contributed by atoms with Gasteiger partial charge in [0.05, 0.1) is 0 Å². The first kappa shape index (κ1) is 72.3. The lowest BCUT2D eigenvalue weighted by Gasteiger charge is -2.18. The van der Waals surface area contributed by atoms with E-state index in [-0.39, 0.29) is 31.6 Å². The van der Waals surface area contributed by atoms with Gasteiger partial charge in [-0.05, 0) is 122 Å². The third kappa shape index (κ3) is 62.0. The van der Waals surface area contributed by atoms with Crippen LogP contribution in [0.25, 0.3) is 0 Å². The summed E-state index contributed by atoms with van der Waals surface area (Å²) < 4.78 is 16.8. The lowest BCUT2D eigenvalue weighted by molar-refractivity contribution is -0.166. The maximum absolute atomic E-state index is 12.8. The molecule has 1 atom stereocenters. The van der Waals surface area contributed by atoms with E-state index in [2.05, 4.69) is 154 Å². The van der Waals surface area contributed by atoms with Crippen LogP contribution in [0.2, 0.25) is 0 Å². The molecule has 0 heterocycles. The van der Waals surface area contributed by atoms with Crippen LogP contribution in [0, 0.1) is 0 Å². The fraction of sp³-hybridized carbons (Fsp3) is 0.620. The van der Waals surface area contributed by atoms with E-state index in [9.17, 15) is 14.4 Å². The van der Waals surface area contributed by atoms with Gasteiger partial charge >= 0.3 is 17.9 Å². The van der Waals surface area contributed by atoms with Crippen LogP contribution in [0.5, 0.6) is 0 Å². The van der Waals surface area contributed by atoms with Gasteiger partial charge in [-0.25, -0.2) is 0 Å². The molecule has 0 N–H and O–H groups in total. The summed E-state index contributed by atoms with van der Waals surface area (Å²) in [7, 11) is 0. The summed E-state index contributed by atoms with van der Waals surface area (Å²) in [5, 5.41) is 0. The minimum Gasteiger partial charge on any atom is -0.462 e. The summed E-state index contributed by atoms with van der Waals surface area (Å²) in [5.41, 5.74) is 0. The van der Waals surface area contributed by atoms with Crippen molar-refractivity contribution in [2.75, 3.05) is 13.2 Å². The Labute approximate surface area is 474 Å². The number of carbonyl (C=O) groups excluding carboxylic acids is 3. The van der Waals surface area contributed by atoms with E-state index in [4.69, 9.17) is 14.2 Å². The highest BCUT2D eigenvalue weighted by atomic mass is 16.6. The van der Waals surface area contributed by atoms with Crippen molar-refractivity contribution in [1.82, 2.24) is 0 Å². The number of unbranched alkanes of at least 4 members (excludes halogenated alkanes) is 20. The SMILES string of the molecule is CC/C=C\C/C=C\C/C=C\C/C=C\C/C=C\CCCCCCCCCCCCCCCCCCCC(=O)OCC(COC(=O)CCCCC/C=C\C/C=C\C/C=C\CC)OC(=O)CC/C=C\C/C=C\C/C=C\C/C=C\CC. The molecule has 0 aliphatic rings. The minimum absolute atomic E-state index is 0.119. The smallest absolute Gasteiger partial charge is 0.306 e. The third-order valence-corrected chi connectivity index (χ3v) is 12.8. The Hall–Kier alpha value is -4.71. The van der Waals surface area contributed by atoms with Crippen LogP contribution < -0.4 is 0 Å². The van der Waals surface area contributed by atoms with Crippen molar-refractivity contribution >= 4 is 17.9 Å². The Balaban J connectivity index is 4.20. The number of rotatable bonds is 55. The predicted octanol–water partition coefficient (Wildman–Crippen LogP) is 21.5. The zero-order chi connectivity index (χ0) is 55.7. The molecule has 0 rings (SSSR count). The van der Waals surface area contributed by atoms with E-state index in [0.29, 0.717) is 19.3 Å². The molecule has 0 aromatic rings. The van der Waals surface area contributed by atoms with E-state index in [1.807, 2.05) is 12.2 Å². The largest absolute Gasteiger partial charge is 0.462 e. The first-order valence-electron chi connectivity index (χ1n) is 31.3. The highest BCUT2D eigenvalue weighted by Crippen LogP contribution is 2.16. The van der Waals surface area contributed by atoms with Crippen LogP contribution >= 0.6 is 0 Å². The van der Waals surface area contributed by atoms with E-state index in [1.54, 1.807) is 0 Å². The zero-order valence-corrected chi connectivity index (χ0v) is 49.7. The molecular weight excluding hydrogens is 949 g/mol. The van der Waals surface area contributed by atoms with Gasteiger partial charge in [-0.2, -0.15) is 0 Å². The molecule has 6 nitrogen and oxygen atoms in total. The van der Waals surface area contributed by atoms with Gasteiger partial charge < -0.3 is 14.2 Å². The molecule has 0 spiro atoms. The zero-order valence-electron chi connectivity index (χ0n) is 49.7. The van der Waals surface area contributed by atoms with Crippen LogP contribution in [-0.2, 0) is 28.6 Å². The first-order chi connectivity index (χ1) is 38.0. The number of carbonyl (C=O) groups is 3. The van der Waals surface area contributed by atoms with Crippen molar-refractivity contribution in [3.05, 3.63) is 146 Å². The summed E-state index contributed by atoms with van der Waals surface area (Å²) in [4.78, 5) is 38.1. The van der Waals surface area contributed by atoms with Gasteiger partial charge in [0.2, 0.25) is 0 Å². The summed E-state index contributed by atoms with van der Waals surface area (Å²) in [5.74, 6) is -1.03. The van der Waals surface area contributed by atoms with Crippen molar-refractivity contribution in [3.8, 4) is 0 Å². The molecule has 0 aliphatic heterocycles. The molecule has 434 valence electrons. The lowest BCUT2D eigenvalue weighted by atomic mass is 10.0. The number of esters is 3. The Morgan fingerprint density at radius 3 is 0.792 bits per heavy atom. The van der Waals surface area contributed by atoms with Crippen molar-refractivity contribution < 1.29 is 28.6 Å². The Bertz CT molecular complexity index is 1700. The topological polar surface area (TPSA) is 78.9 Å². The molecule has 0 amide bonds. The van der Waals surface area contributed by atoms with Crippen LogP contribution in [0.15, 0.2) is 146 Å². The molecule has 1 unspecified atom stereocenters. The van der Waals surface area contributed by atoms with Crippen molar-refractivity contribution in [2.45, 2.75) is 271 Å². The van der Waals surface area contributed by atoms with Gasteiger partial charge in [-0.1, -0.05) is 269 Å².